The number of nitrogens with zero attached hydrogens (tertiary/aromatic N) is 2. The molecular formula is C17H19N3O. The number of aryl methyl sites for hydroxylation is 1. The van der Waals surface area contributed by atoms with Crippen molar-refractivity contribution in [3.8, 4) is 5.75 Å². The van der Waals surface area contributed by atoms with Gasteiger partial charge < -0.3 is 14.9 Å². The average molecular weight is 281 g/mol. The standard InChI is InChI=1S/C17H19N3O/c1-12-6-7-15(13(2)18)16(9-12)21-11-14-10-20-8-4-3-5-17(20)19-14/h3-10,13H,11,18H2,1-2H3. The van der Waals surface area contributed by atoms with Crippen LogP contribution in [-0.2, 0) is 6.61 Å². The van der Waals surface area contributed by atoms with Crippen LogP contribution >= 0.6 is 0 Å². The molecule has 4 heteroatoms. The highest BCUT2D eigenvalue weighted by Gasteiger charge is 2.09. The summed E-state index contributed by atoms with van der Waals surface area (Å²) in [6.07, 6.45) is 3.96. The molecule has 2 N–H and O–H groups in total. The second kappa shape index (κ2) is 5.58. The van der Waals surface area contributed by atoms with Crippen molar-refractivity contribution in [1.82, 2.24) is 9.38 Å². The second-order valence-electron chi connectivity index (χ2n) is 5.32. The highest BCUT2D eigenvalue weighted by atomic mass is 16.5. The summed E-state index contributed by atoms with van der Waals surface area (Å²) in [6.45, 7) is 4.44. The van der Waals surface area contributed by atoms with Gasteiger partial charge in [-0.1, -0.05) is 18.2 Å². The molecule has 0 bridgehead atoms. The van der Waals surface area contributed by atoms with Gasteiger partial charge in [-0.3, -0.25) is 0 Å². The summed E-state index contributed by atoms with van der Waals surface area (Å²) >= 11 is 0. The lowest BCUT2D eigenvalue weighted by atomic mass is 10.1. The van der Waals surface area contributed by atoms with E-state index in [9.17, 15) is 0 Å². The van der Waals surface area contributed by atoms with Crippen molar-refractivity contribution in [2.24, 2.45) is 5.73 Å². The number of pyridine rings is 1. The molecule has 0 saturated carbocycles. The maximum Gasteiger partial charge on any atom is 0.137 e. The van der Waals surface area contributed by atoms with E-state index < -0.39 is 0 Å². The highest BCUT2D eigenvalue weighted by molar-refractivity contribution is 5.40. The number of hydrogen-bond acceptors (Lipinski definition) is 3. The van der Waals surface area contributed by atoms with E-state index in [0.29, 0.717) is 6.61 Å². The van der Waals surface area contributed by atoms with Gasteiger partial charge in [0.15, 0.2) is 0 Å². The molecule has 2 aromatic heterocycles. The average Bonchev–Trinajstić information content (AvgIpc) is 2.87. The van der Waals surface area contributed by atoms with Crippen LogP contribution in [0.2, 0.25) is 0 Å². The second-order valence-corrected chi connectivity index (χ2v) is 5.32. The molecule has 0 aliphatic carbocycles. The van der Waals surface area contributed by atoms with Gasteiger partial charge in [-0.15, -0.1) is 0 Å². The summed E-state index contributed by atoms with van der Waals surface area (Å²) in [6, 6.07) is 12.0. The molecule has 0 radical (unpaired) electrons. The molecule has 1 aromatic carbocycles. The van der Waals surface area contributed by atoms with Crippen molar-refractivity contribution in [1.29, 1.82) is 0 Å². The minimum Gasteiger partial charge on any atom is -0.487 e. The SMILES string of the molecule is Cc1ccc(C(C)N)c(OCc2cn3ccccc3n2)c1. The molecule has 3 aromatic rings. The molecule has 0 aliphatic rings. The van der Waals surface area contributed by atoms with Gasteiger partial charge in [0.05, 0.1) is 5.69 Å². The normalized spacial score (nSPS) is 12.5. The Morgan fingerprint density at radius 2 is 2.14 bits per heavy atom. The van der Waals surface area contributed by atoms with Crippen molar-refractivity contribution < 1.29 is 4.74 Å². The molecule has 0 saturated heterocycles. The smallest absolute Gasteiger partial charge is 0.137 e. The topological polar surface area (TPSA) is 52.5 Å². The molecule has 1 unspecified atom stereocenters. The third-order valence-electron chi connectivity index (χ3n) is 3.45. The maximum atomic E-state index is 6.00. The lowest BCUT2D eigenvalue weighted by Crippen LogP contribution is -2.08. The fourth-order valence-corrected chi connectivity index (χ4v) is 2.35. The number of benzene rings is 1. The zero-order valence-corrected chi connectivity index (χ0v) is 12.3. The van der Waals surface area contributed by atoms with Gasteiger partial charge in [-0.2, -0.15) is 0 Å². The van der Waals surface area contributed by atoms with E-state index in [1.54, 1.807) is 0 Å². The van der Waals surface area contributed by atoms with Gasteiger partial charge in [0, 0.05) is 24.0 Å². The summed E-state index contributed by atoms with van der Waals surface area (Å²) in [5, 5.41) is 0. The summed E-state index contributed by atoms with van der Waals surface area (Å²) in [7, 11) is 0. The van der Waals surface area contributed by atoms with Crippen LogP contribution in [0.3, 0.4) is 0 Å². The van der Waals surface area contributed by atoms with E-state index in [0.717, 1.165) is 28.2 Å². The summed E-state index contributed by atoms with van der Waals surface area (Å²) in [5.74, 6) is 0.835. The number of rotatable bonds is 4. The zero-order valence-electron chi connectivity index (χ0n) is 12.3. The Hall–Kier alpha value is -2.33. The fourth-order valence-electron chi connectivity index (χ4n) is 2.35. The Morgan fingerprint density at radius 1 is 1.29 bits per heavy atom. The van der Waals surface area contributed by atoms with Crippen molar-refractivity contribution in [2.45, 2.75) is 26.5 Å². The van der Waals surface area contributed by atoms with E-state index in [1.165, 1.54) is 0 Å². The van der Waals surface area contributed by atoms with Gasteiger partial charge >= 0.3 is 0 Å². The van der Waals surface area contributed by atoms with E-state index >= 15 is 0 Å². The number of ether oxygens (including phenoxy) is 1. The van der Waals surface area contributed by atoms with Gasteiger partial charge in [-0.25, -0.2) is 4.98 Å². The van der Waals surface area contributed by atoms with E-state index in [1.807, 2.05) is 61.0 Å². The lowest BCUT2D eigenvalue weighted by Gasteiger charge is -2.14. The summed E-state index contributed by atoms with van der Waals surface area (Å²) in [4.78, 5) is 4.53. The van der Waals surface area contributed by atoms with Crippen LogP contribution in [-0.4, -0.2) is 9.38 Å². The molecule has 1 atom stereocenters. The predicted octanol–water partition coefficient (Wildman–Crippen LogP) is 3.24. The first-order valence-corrected chi connectivity index (χ1v) is 7.05. The Bertz CT molecular complexity index is 729. The minimum atomic E-state index is -0.0540. The molecule has 0 spiro atoms. The number of aromatic nitrogens is 2. The first kappa shape index (κ1) is 13.6. The Morgan fingerprint density at radius 3 is 2.90 bits per heavy atom. The number of fused-ring (bicyclic) bond motifs is 1. The van der Waals surface area contributed by atoms with Gasteiger partial charge in [0.2, 0.25) is 0 Å². The summed E-state index contributed by atoms with van der Waals surface area (Å²) < 4.78 is 7.93. The van der Waals surface area contributed by atoms with Crippen molar-refractivity contribution in [3.05, 3.63) is 65.6 Å². The first-order chi connectivity index (χ1) is 10.1. The lowest BCUT2D eigenvalue weighted by molar-refractivity contribution is 0.297. The predicted molar refractivity (Wildman–Crippen MR) is 83.3 cm³/mol. The van der Waals surface area contributed by atoms with Crippen molar-refractivity contribution in [3.63, 3.8) is 0 Å². The fraction of sp³-hybridized carbons (Fsp3) is 0.235. The maximum absolute atomic E-state index is 6.00. The molecule has 2 heterocycles. The number of hydrogen-bond donors (Lipinski definition) is 1. The molecule has 108 valence electrons. The highest BCUT2D eigenvalue weighted by Crippen LogP contribution is 2.25. The molecular weight excluding hydrogens is 262 g/mol. The Labute approximate surface area is 124 Å². The molecule has 3 rings (SSSR count). The first-order valence-electron chi connectivity index (χ1n) is 7.05. The molecule has 0 fully saturated rings. The van der Waals surface area contributed by atoms with Gasteiger partial charge in [0.1, 0.15) is 18.0 Å². The van der Waals surface area contributed by atoms with E-state index in [4.69, 9.17) is 10.5 Å². The van der Waals surface area contributed by atoms with Crippen LogP contribution in [0.15, 0.2) is 48.8 Å². The van der Waals surface area contributed by atoms with E-state index in [2.05, 4.69) is 11.1 Å². The molecule has 21 heavy (non-hydrogen) atoms. The van der Waals surface area contributed by atoms with Crippen molar-refractivity contribution >= 4 is 5.65 Å². The van der Waals surface area contributed by atoms with E-state index in [-0.39, 0.29) is 6.04 Å². The zero-order chi connectivity index (χ0) is 14.8. The number of imidazole rings is 1. The van der Waals surface area contributed by atoms with Crippen LogP contribution in [0, 0.1) is 6.92 Å². The quantitative estimate of drug-likeness (QED) is 0.798. The van der Waals surface area contributed by atoms with Crippen LogP contribution in [0.4, 0.5) is 0 Å². The Kier molecular flexibility index (Phi) is 3.62. The monoisotopic (exact) mass is 281 g/mol. The van der Waals surface area contributed by atoms with Crippen LogP contribution in [0.25, 0.3) is 5.65 Å². The largest absolute Gasteiger partial charge is 0.487 e. The third-order valence-corrected chi connectivity index (χ3v) is 3.45. The number of nitrogens with two attached hydrogens (primary N) is 1. The van der Waals surface area contributed by atoms with Crippen LogP contribution in [0.5, 0.6) is 5.75 Å². The molecule has 4 nitrogen and oxygen atoms in total. The molecule has 0 aliphatic heterocycles. The summed E-state index contributed by atoms with van der Waals surface area (Å²) in [5.41, 5.74) is 9.99. The Balaban J connectivity index is 1.82. The molecule has 0 amide bonds. The van der Waals surface area contributed by atoms with Crippen LogP contribution in [0.1, 0.15) is 29.8 Å². The van der Waals surface area contributed by atoms with Gasteiger partial charge in [0.25, 0.3) is 0 Å². The van der Waals surface area contributed by atoms with Crippen molar-refractivity contribution in [2.75, 3.05) is 0 Å². The third kappa shape index (κ3) is 2.90. The van der Waals surface area contributed by atoms with Crippen LogP contribution < -0.4 is 10.5 Å². The minimum absolute atomic E-state index is 0.0540. The van der Waals surface area contributed by atoms with Gasteiger partial charge in [-0.05, 0) is 37.6 Å².